The van der Waals surface area contributed by atoms with Gasteiger partial charge in [-0.25, -0.2) is 4.79 Å². The Balaban J connectivity index is 2.25. The molecule has 1 saturated heterocycles. The van der Waals surface area contributed by atoms with Crippen molar-refractivity contribution >= 4 is 17.9 Å². The highest BCUT2D eigenvalue weighted by molar-refractivity contribution is 8.08. The molecule has 0 aromatic rings. The zero-order valence-corrected chi connectivity index (χ0v) is 8.64. The molecule has 1 N–H and O–H groups in total. The fraction of sp³-hybridized carbons (Fsp3) is 0.750. The van der Waals surface area contributed by atoms with Gasteiger partial charge in [0.1, 0.15) is 16.2 Å². The van der Waals surface area contributed by atoms with Crippen LogP contribution in [0.3, 0.4) is 0 Å². The molecule has 2 unspecified atom stereocenters. The van der Waals surface area contributed by atoms with Crippen molar-refractivity contribution in [3.05, 3.63) is 0 Å². The number of amides is 1. The highest BCUT2D eigenvalue weighted by Gasteiger charge is 2.40. The molecule has 2 atom stereocenters. The Labute approximate surface area is 81.6 Å². The molecular formula is C8H12N2O2S. The van der Waals surface area contributed by atoms with Gasteiger partial charge in [0.05, 0.1) is 6.07 Å². The molecule has 0 radical (unpaired) electrons. The van der Waals surface area contributed by atoms with Crippen LogP contribution in [0.4, 0.5) is 4.79 Å². The predicted molar refractivity (Wildman–Crippen MR) is 50.1 cm³/mol. The number of hydrogen-bond donors (Lipinski definition) is 1. The first-order valence-electron chi connectivity index (χ1n) is 3.97. The number of carbonyl (C=O) groups is 1. The van der Waals surface area contributed by atoms with Crippen LogP contribution in [-0.2, 0) is 4.74 Å². The second-order valence-corrected chi connectivity index (χ2v) is 5.04. The van der Waals surface area contributed by atoms with Gasteiger partial charge in [-0.05, 0) is 20.8 Å². The fourth-order valence-electron chi connectivity index (χ4n) is 0.744. The van der Waals surface area contributed by atoms with Gasteiger partial charge in [0.2, 0.25) is 0 Å². The number of nitrogens with one attached hydrogen (secondary N) is 1. The van der Waals surface area contributed by atoms with Crippen LogP contribution in [0.25, 0.3) is 0 Å². The Morgan fingerprint density at radius 1 is 1.62 bits per heavy atom. The summed E-state index contributed by atoms with van der Waals surface area (Å²) in [6.45, 7) is 5.40. The number of thioether (sulfide) groups is 1. The van der Waals surface area contributed by atoms with Crippen molar-refractivity contribution in [3.63, 3.8) is 0 Å². The molecule has 0 bridgehead atoms. The minimum atomic E-state index is -0.480. The maximum atomic E-state index is 11.1. The van der Waals surface area contributed by atoms with E-state index < -0.39 is 11.7 Å². The maximum absolute atomic E-state index is 11.1. The molecule has 1 aliphatic heterocycles. The number of ether oxygens (including phenoxy) is 1. The smallest absolute Gasteiger partial charge is 0.408 e. The second kappa shape index (κ2) is 3.46. The monoisotopic (exact) mass is 200 g/mol. The molecule has 5 heteroatoms. The van der Waals surface area contributed by atoms with Crippen molar-refractivity contribution in [3.8, 4) is 6.07 Å². The van der Waals surface area contributed by atoms with E-state index in [9.17, 15) is 4.79 Å². The SMILES string of the molecule is CC(C)(C)OC(=O)NC1SC1C#N. The van der Waals surface area contributed by atoms with Crippen molar-refractivity contribution in [1.29, 1.82) is 5.26 Å². The molecule has 1 heterocycles. The molecule has 1 amide bonds. The van der Waals surface area contributed by atoms with Gasteiger partial charge < -0.3 is 10.1 Å². The van der Waals surface area contributed by atoms with Crippen LogP contribution < -0.4 is 5.32 Å². The standard InChI is InChI=1S/C8H12N2O2S/c1-8(2,3)12-7(11)10-6-5(4-9)13-6/h5-6H,1-3H3,(H,10,11). The van der Waals surface area contributed by atoms with Crippen LogP contribution in [0, 0.1) is 11.3 Å². The van der Waals surface area contributed by atoms with Gasteiger partial charge in [0.15, 0.2) is 0 Å². The van der Waals surface area contributed by atoms with E-state index in [0.717, 1.165) is 0 Å². The highest BCUT2D eigenvalue weighted by atomic mass is 32.2. The summed E-state index contributed by atoms with van der Waals surface area (Å²) in [5.74, 6) is 0. The fourth-order valence-corrected chi connectivity index (χ4v) is 1.32. The average Bonchev–Trinajstić information content (AvgIpc) is 2.62. The van der Waals surface area contributed by atoms with Gasteiger partial charge in [-0.1, -0.05) is 0 Å². The third-order valence-electron chi connectivity index (χ3n) is 1.28. The van der Waals surface area contributed by atoms with E-state index in [0.29, 0.717) is 0 Å². The van der Waals surface area contributed by atoms with E-state index in [4.69, 9.17) is 10.00 Å². The van der Waals surface area contributed by atoms with Crippen LogP contribution in [0.1, 0.15) is 20.8 Å². The number of hydrogen-bond acceptors (Lipinski definition) is 4. The Morgan fingerprint density at radius 3 is 2.62 bits per heavy atom. The van der Waals surface area contributed by atoms with Crippen molar-refractivity contribution in [2.24, 2.45) is 0 Å². The Bertz CT molecular complexity index is 254. The molecule has 1 rings (SSSR count). The van der Waals surface area contributed by atoms with Crippen LogP contribution in [0.15, 0.2) is 0 Å². The minimum Gasteiger partial charge on any atom is -0.444 e. The lowest BCUT2D eigenvalue weighted by atomic mass is 10.2. The summed E-state index contributed by atoms with van der Waals surface area (Å²) in [6.07, 6.45) is -0.456. The Hall–Kier alpha value is -0.890. The van der Waals surface area contributed by atoms with Gasteiger partial charge in [-0.15, -0.1) is 11.8 Å². The number of nitriles is 1. The lowest BCUT2D eigenvalue weighted by molar-refractivity contribution is 0.0528. The van der Waals surface area contributed by atoms with Gasteiger partial charge in [-0.3, -0.25) is 0 Å². The molecule has 13 heavy (non-hydrogen) atoms. The van der Waals surface area contributed by atoms with E-state index in [1.165, 1.54) is 11.8 Å². The maximum Gasteiger partial charge on any atom is 0.408 e. The molecule has 0 aromatic carbocycles. The molecule has 4 nitrogen and oxygen atoms in total. The lowest BCUT2D eigenvalue weighted by Gasteiger charge is -2.19. The van der Waals surface area contributed by atoms with Crippen LogP contribution in [0.5, 0.6) is 0 Å². The third-order valence-corrected chi connectivity index (χ3v) is 2.32. The Kier molecular flexibility index (Phi) is 2.71. The van der Waals surface area contributed by atoms with Crippen LogP contribution in [0.2, 0.25) is 0 Å². The van der Waals surface area contributed by atoms with Gasteiger partial charge in [-0.2, -0.15) is 5.26 Å². The molecule has 1 aliphatic rings. The first-order chi connectivity index (χ1) is 5.92. The number of nitrogens with zero attached hydrogens (tertiary/aromatic N) is 1. The number of rotatable bonds is 1. The second-order valence-electron chi connectivity index (χ2n) is 3.75. The molecule has 72 valence electrons. The van der Waals surface area contributed by atoms with Crippen molar-refractivity contribution < 1.29 is 9.53 Å². The first kappa shape index (κ1) is 10.2. The van der Waals surface area contributed by atoms with E-state index in [1.54, 1.807) is 20.8 Å². The summed E-state index contributed by atoms with van der Waals surface area (Å²) in [4.78, 5) is 11.1. The average molecular weight is 200 g/mol. The summed E-state index contributed by atoms with van der Waals surface area (Å²) in [6, 6.07) is 2.05. The number of alkyl carbamates (subject to hydrolysis) is 1. The van der Waals surface area contributed by atoms with Crippen LogP contribution in [-0.4, -0.2) is 22.3 Å². The zero-order chi connectivity index (χ0) is 10.1. The quantitative estimate of drug-likeness (QED) is 0.651. The van der Waals surface area contributed by atoms with E-state index in [2.05, 4.69) is 5.32 Å². The van der Waals surface area contributed by atoms with Gasteiger partial charge >= 0.3 is 6.09 Å². The third kappa shape index (κ3) is 3.55. The molecule has 0 aromatic heterocycles. The van der Waals surface area contributed by atoms with Crippen molar-refractivity contribution in [2.45, 2.75) is 37.0 Å². The largest absolute Gasteiger partial charge is 0.444 e. The van der Waals surface area contributed by atoms with E-state index >= 15 is 0 Å². The topological polar surface area (TPSA) is 62.1 Å². The minimum absolute atomic E-state index is 0.0835. The molecular weight excluding hydrogens is 188 g/mol. The predicted octanol–water partition coefficient (Wildman–Crippen LogP) is 1.48. The summed E-state index contributed by atoms with van der Waals surface area (Å²) in [7, 11) is 0. The zero-order valence-electron chi connectivity index (χ0n) is 7.83. The molecule has 0 saturated carbocycles. The highest BCUT2D eigenvalue weighted by Crippen LogP contribution is 2.38. The molecule has 1 fully saturated rings. The molecule has 0 spiro atoms. The normalized spacial score (nSPS) is 26.0. The summed E-state index contributed by atoms with van der Waals surface area (Å²) >= 11 is 1.42. The summed E-state index contributed by atoms with van der Waals surface area (Å²) < 4.78 is 5.01. The Morgan fingerprint density at radius 2 is 2.23 bits per heavy atom. The number of carbonyl (C=O) groups excluding carboxylic acids is 1. The van der Waals surface area contributed by atoms with Crippen molar-refractivity contribution in [2.75, 3.05) is 0 Å². The van der Waals surface area contributed by atoms with E-state index in [-0.39, 0.29) is 10.6 Å². The van der Waals surface area contributed by atoms with E-state index in [1.807, 2.05) is 6.07 Å². The summed E-state index contributed by atoms with van der Waals surface area (Å²) in [5.41, 5.74) is -0.480. The van der Waals surface area contributed by atoms with Gasteiger partial charge in [0.25, 0.3) is 0 Å². The van der Waals surface area contributed by atoms with Gasteiger partial charge in [0, 0.05) is 0 Å². The van der Waals surface area contributed by atoms with Crippen LogP contribution >= 0.6 is 11.8 Å². The molecule has 0 aliphatic carbocycles. The first-order valence-corrected chi connectivity index (χ1v) is 4.91. The summed E-state index contributed by atoms with van der Waals surface area (Å²) in [5, 5.41) is 10.9. The lowest BCUT2D eigenvalue weighted by Crippen LogP contribution is -2.34. The van der Waals surface area contributed by atoms with Crippen molar-refractivity contribution in [1.82, 2.24) is 5.32 Å².